The van der Waals surface area contributed by atoms with Crippen LogP contribution < -0.4 is 20.7 Å². The molecular formula is C25H35N3O4. The molecule has 0 aliphatic heterocycles. The van der Waals surface area contributed by atoms with Crippen molar-refractivity contribution in [1.29, 1.82) is 0 Å². The van der Waals surface area contributed by atoms with E-state index in [9.17, 15) is 9.59 Å². The van der Waals surface area contributed by atoms with Crippen LogP contribution in [0.2, 0.25) is 0 Å². The average molecular weight is 442 g/mol. The SMILES string of the molecule is CCCCCCOc1cccc(NCC(=O)Nc2ccc(C(=O)NCCCOC)cc2)c1. The molecule has 7 nitrogen and oxygen atoms in total. The van der Waals surface area contributed by atoms with Crippen LogP contribution in [-0.2, 0) is 9.53 Å². The van der Waals surface area contributed by atoms with Crippen molar-refractivity contribution in [2.24, 2.45) is 0 Å². The predicted octanol–water partition coefficient (Wildman–Crippen LogP) is 4.46. The van der Waals surface area contributed by atoms with Gasteiger partial charge in [0.15, 0.2) is 0 Å². The minimum absolute atomic E-state index is 0.127. The molecule has 0 heterocycles. The zero-order valence-electron chi connectivity index (χ0n) is 19.1. The molecule has 0 aliphatic carbocycles. The molecule has 2 aromatic carbocycles. The number of benzene rings is 2. The van der Waals surface area contributed by atoms with Crippen LogP contribution in [0.25, 0.3) is 0 Å². The number of ether oxygens (including phenoxy) is 2. The van der Waals surface area contributed by atoms with Gasteiger partial charge < -0.3 is 25.4 Å². The molecule has 0 atom stereocenters. The first-order chi connectivity index (χ1) is 15.6. The van der Waals surface area contributed by atoms with Gasteiger partial charge in [0.25, 0.3) is 5.91 Å². The Hall–Kier alpha value is -3.06. The van der Waals surface area contributed by atoms with Gasteiger partial charge in [0.2, 0.25) is 5.91 Å². The monoisotopic (exact) mass is 441 g/mol. The highest BCUT2D eigenvalue weighted by Crippen LogP contribution is 2.18. The Balaban J connectivity index is 1.73. The third kappa shape index (κ3) is 9.83. The molecule has 0 aromatic heterocycles. The Kier molecular flexibility index (Phi) is 11.7. The molecule has 32 heavy (non-hydrogen) atoms. The fourth-order valence-corrected chi connectivity index (χ4v) is 3.03. The van der Waals surface area contributed by atoms with Crippen LogP contribution >= 0.6 is 0 Å². The number of methoxy groups -OCH3 is 1. The molecule has 0 fully saturated rings. The van der Waals surface area contributed by atoms with Gasteiger partial charge in [-0.15, -0.1) is 0 Å². The summed E-state index contributed by atoms with van der Waals surface area (Å²) < 4.78 is 10.7. The van der Waals surface area contributed by atoms with Gasteiger partial charge in [0.05, 0.1) is 13.2 Å². The molecule has 0 bridgehead atoms. The van der Waals surface area contributed by atoms with Crippen LogP contribution in [-0.4, -0.2) is 45.2 Å². The smallest absolute Gasteiger partial charge is 0.251 e. The lowest BCUT2D eigenvalue weighted by molar-refractivity contribution is -0.114. The lowest BCUT2D eigenvalue weighted by Gasteiger charge is -2.11. The van der Waals surface area contributed by atoms with Gasteiger partial charge in [-0.1, -0.05) is 32.3 Å². The van der Waals surface area contributed by atoms with E-state index in [4.69, 9.17) is 9.47 Å². The maximum Gasteiger partial charge on any atom is 0.251 e. The summed E-state index contributed by atoms with van der Waals surface area (Å²) in [7, 11) is 1.63. The third-order valence-electron chi connectivity index (χ3n) is 4.80. The largest absolute Gasteiger partial charge is 0.494 e. The Morgan fingerprint density at radius 1 is 0.906 bits per heavy atom. The fourth-order valence-electron chi connectivity index (χ4n) is 3.03. The van der Waals surface area contributed by atoms with Gasteiger partial charge in [-0.05, 0) is 49.2 Å². The summed E-state index contributed by atoms with van der Waals surface area (Å²) in [6, 6.07) is 14.4. The van der Waals surface area contributed by atoms with Gasteiger partial charge in [0.1, 0.15) is 5.75 Å². The molecule has 7 heteroatoms. The molecule has 3 N–H and O–H groups in total. The van der Waals surface area contributed by atoms with Crippen molar-refractivity contribution >= 4 is 23.2 Å². The third-order valence-corrected chi connectivity index (χ3v) is 4.80. The standard InChI is InChI=1S/C25H35N3O4/c1-3-4-5-6-17-32-23-10-7-9-22(18-23)27-19-24(29)28-21-13-11-20(12-14-21)25(30)26-15-8-16-31-2/h7,9-14,18,27H,3-6,8,15-17,19H2,1-2H3,(H,26,30)(H,28,29). The molecular weight excluding hydrogens is 406 g/mol. The van der Waals surface area contributed by atoms with Crippen molar-refractivity contribution in [3.8, 4) is 5.75 Å². The molecule has 174 valence electrons. The van der Waals surface area contributed by atoms with Crippen molar-refractivity contribution in [2.45, 2.75) is 39.0 Å². The number of anilines is 2. The molecule has 0 saturated heterocycles. The number of unbranched alkanes of at least 4 members (excludes halogenated alkanes) is 3. The van der Waals surface area contributed by atoms with E-state index in [1.807, 2.05) is 24.3 Å². The lowest BCUT2D eigenvalue weighted by Crippen LogP contribution is -2.25. The van der Waals surface area contributed by atoms with E-state index in [0.29, 0.717) is 31.0 Å². The number of carbonyl (C=O) groups excluding carboxylic acids is 2. The Bertz CT molecular complexity index is 824. The van der Waals surface area contributed by atoms with Crippen LogP contribution in [0.4, 0.5) is 11.4 Å². The Labute approximate surface area is 190 Å². The van der Waals surface area contributed by atoms with Crippen LogP contribution in [0.5, 0.6) is 5.75 Å². The second-order valence-corrected chi connectivity index (χ2v) is 7.52. The topological polar surface area (TPSA) is 88.7 Å². The van der Waals surface area contributed by atoms with E-state index >= 15 is 0 Å². The highest BCUT2D eigenvalue weighted by atomic mass is 16.5. The highest BCUT2D eigenvalue weighted by Gasteiger charge is 2.07. The highest BCUT2D eigenvalue weighted by molar-refractivity contribution is 5.96. The van der Waals surface area contributed by atoms with Crippen LogP contribution in [0.1, 0.15) is 49.4 Å². The number of carbonyl (C=O) groups is 2. The summed E-state index contributed by atoms with van der Waals surface area (Å²) in [6.07, 6.45) is 5.41. The van der Waals surface area contributed by atoms with Crippen molar-refractivity contribution in [3.05, 3.63) is 54.1 Å². The van der Waals surface area contributed by atoms with E-state index in [1.165, 1.54) is 19.3 Å². The first kappa shape index (κ1) is 25.2. The quantitative estimate of drug-likeness (QED) is 0.355. The lowest BCUT2D eigenvalue weighted by atomic mass is 10.2. The maximum atomic E-state index is 12.3. The normalized spacial score (nSPS) is 10.4. The number of rotatable bonds is 15. The first-order valence-corrected chi connectivity index (χ1v) is 11.3. The summed E-state index contributed by atoms with van der Waals surface area (Å²) in [6.45, 7) is 4.18. The summed E-state index contributed by atoms with van der Waals surface area (Å²) in [5.41, 5.74) is 2.01. The van der Waals surface area contributed by atoms with Crippen molar-refractivity contribution in [1.82, 2.24) is 5.32 Å². The molecule has 0 unspecified atom stereocenters. The summed E-state index contributed by atoms with van der Waals surface area (Å²) in [4.78, 5) is 24.3. The van der Waals surface area contributed by atoms with Crippen LogP contribution in [0.15, 0.2) is 48.5 Å². The number of hydrogen-bond donors (Lipinski definition) is 3. The summed E-state index contributed by atoms with van der Waals surface area (Å²) >= 11 is 0. The fraction of sp³-hybridized carbons (Fsp3) is 0.440. The Morgan fingerprint density at radius 3 is 2.47 bits per heavy atom. The van der Waals surface area contributed by atoms with E-state index in [1.54, 1.807) is 31.4 Å². The Morgan fingerprint density at radius 2 is 1.72 bits per heavy atom. The molecule has 0 radical (unpaired) electrons. The van der Waals surface area contributed by atoms with E-state index in [2.05, 4.69) is 22.9 Å². The van der Waals surface area contributed by atoms with Crippen LogP contribution in [0, 0.1) is 0 Å². The molecule has 2 aromatic rings. The van der Waals surface area contributed by atoms with E-state index in [0.717, 1.165) is 24.3 Å². The molecule has 0 spiro atoms. The maximum absolute atomic E-state index is 12.3. The van der Waals surface area contributed by atoms with Crippen molar-refractivity contribution in [3.63, 3.8) is 0 Å². The number of hydrogen-bond acceptors (Lipinski definition) is 5. The predicted molar refractivity (Wildman–Crippen MR) is 128 cm³/mol. The number of nitrogens with one attached hydrogen (secondary N) is 3. The van der Waals surface area contributed by atoms with Crippen molar-refractivity contribution in [2.75, 3.05) is 44.0 Å². The van der Waals surface area contributed by atoms with Gasteiger partial charge in [-0.2, -0.15) is 0 Å². The minimum atomic E-state index is -0.173. The molecule has 2 rings (SSSR count). The van der Waals surface area contributed by atoms with Crippen molar-refractivity contribution < 1.29 is 19.1 Å². The van der Waals surface area contributed by atoms with Gasteiger partial charge in [-0.25, -0.2) is 0 Å². The van der Waals surface area contributed by atoms with Crippen LogP contribution in [0.3, 0.4) is 0 Å². The van der Waals surface area contributed by atoms with E-state index < -0.39 is 0 Å². The van der Waals surface area contributed by atoms with E-state index in [-0.39, 0.29) is 18.4 Å². The van der Waals surface area contributed by atoms with Gasteiger partial charge in [0, 0.05) is 43.3 Å². The molecule has 0 aliphatic rings. The molecule has 0 saturated carbocycles. The minimum Gasteiger partial charge on any atom is -0.494 e. The zero-order chi connectivity index (χ0) is 23.0. The number of amides is 2. The first-order valence-electron chi connectivity index (χ1n) is 11.3. The summed E-state index contributed by atoms with van der Waals surface area (Å²) in [5.74, 6) is 0.476. The second kappa shape index (κ2) is 14.9. The summed E-state index contributed by atoms with van der Waals surface area (Å²) in [5, 5.41) is 8.77. The zero-order valence-corrected chi connectivity index (χ0v) is 19.1. The average Bonchev–Trinajstić information content (AvgIpc) is 2.81. The second-order valence-electron chi connectivity index (χ2n) is 7.52. The van der Waals surface area contributed by atoms with Gasteiger partial charge >= 0.3 is 0 Å². The molecule has 2 amide bonds. The van der Waals surface area contributed by atoms with Gasteiger partial charge in [-0.3, -0.25) is 9.59 Å².